The van der Waals surface area contributed by atoms with Gasteiger partial charge in [0.05, 0.1) is 17.4 Å². The molecule has 2 bridgehead atoms. The van der Waals surface area contributed by atoms with Crippen molar-refractivity contribution < 1.29 is 19.1 Å². The molecule has 0 N–H and O–H groups in total. The van der Waals surface area contributed by atoms with Gasteiger partial charge in [0, 0.05) is 30.3 Å². The second-order valence-electron chi connectivity index (χ2n) is 7.29. The van der Waals surface area contributed by atoms with Crippen molar-refractivity contribution in [2.24, 2.45) is 5.92 Å². The summed E-state index contributed by atoms with van der Waals surface area (Å²) in [6.45, 7) is 1.41. The lowest BCUT2D eigenvalue weighted by Crippen LogP contribution is -2.51. The van der Waals surface area contributed by atoms with Crippen LogP contribution < -0.4 is 0 Å². The number of carbonyl (C=O) groups is 2. The topological polar surface area (TPSA) is 81.6 Å². The van der Waals surface area contributed by atoms with Gasteiger partial charge in [-0.1, -0.05) is 6.07 Å². The van der Waals surface area contributed by atoms with Crippen LogP contribution in [0.2, 0.25) is 0 Å². The van der Waals surface area contributed by atoms with Gasteiger partial charge in [-0.05, 0) is 42.4 Å². The number of aromatic nitrogens is 2. The average molecular weight is 438 g/mol. The highest BCUT2D eigenvalue weighted by molar-refractivity contribution is 7.99. The maximum Gasteiger partial charge on any atom is 0.421 e. The van der Waals surface area contributed by atoms with Crippen molar-refractivity contribution in [2.75, 3.05) is 18.8 Å². The van der Waals surface area contributed by atoms with Crippen LogP contribution >= 0.6 is 34.8 Å². The second-order valence-corrected chi connectivity index (χ2v) is 9.93. The number of aryl methyl sites for hydroxylation is 1. The first-order valence-electron chi connectivity index (χ1n) is 9.33. The van der Waals surface area contributed by atoms with Gasteiger partial charge in [0.1, 0.15) is 5.03 Å². The maximum atomic E-state index is 11.6. The van der Waals surface area contributed by atoms with Crippen molar-refractivity contribution in [1.82, 2.24) is 13.6 Å². The van der Waals surface area contributed by atoms with Crippen LogP contribution in [0.1, 0.15) is 35.8 Å². The molecule has 2 aromatic heterocycles. The van der Waals surface area contributed by atoms with E-state index in [9.17, 15) is 9.59 Å². The highest BCUT2D eigenvalue weighted by Gasteiger charge is 2.59. The third-order valence-electron chi connectivity index (χ3n) is 5.64. The Morgan fingerprint density at radius 2 is 2.11 bits per heavy atom. The molecule has 148 valence electrons. The highest BCUT2D eigenvalue weighted by Crippen LogP contribution is 2.48. The Labute approximate surface area is 174 Å². The minimum atomic E-state index is -1.20. The fourth-order valence-corrected chi connectivity index (χ4v) is 6.75. The lowest BCUT2D eigenvalue weighted by molar-refractivity contribution is -0.257. The van der Waals surface area contributed by atoms with E-state index in [-0.39, 0.29) is 5.92 Å². The number of thioether (sulfide) groups is 1. The largest absolute Gasteiger partial charge is 0.421 e. The average Bonchev–Trinajstić information content (AvgIpc) is 3.45. The van der Waals surface area contributed by atoms with E-state index in [4.69, 9.17) is 9.47 Å². The summed E-state index contributed by atoms with van der Waals surface area (Å²) in [5, 5.41) is 3.13. The monoisotopic (exact) mass is 437 g/mol. The molecule has 7 nitrogen and oxygen atoms in total. The second kappa shape index (κ2) is 7.40. The zero-order valence-electron chi connectivity index (χ0n) is 15.0. The fourth-order valence-electron chi connectivity index (χ4n) is 4.29. The molecule has 0 saturated carbocycles. The van der Waals surface area contributed by atoms with Gasteiger partial charge in [0.25, 0.3) is 0 Å². The molecule has 5 heterocycles. The normalized spacial score (nSPS) is 27.9. The minimum Gasteiger partial charge on any atom is -0.400 e. The van der Waals surface area contributed by atoms with Crippen molar-refractivity contribution in [3.05, 3.63) is 28.1 Å². The standard InChI is InChI=1S/C18H19N3O4S3/c22-16-17(23)25-18(24-16)6-5-11-9-21(18)10-13(11)14-15(20-28-19-14)27-8-2-4-12-3-1-7-26-12/h1,3,7,11,13H,2,4-6,8-10H2. The van der Waals surface area contributed by atoms with Crippen LogP contribution in [0.25, 0.3) is 0 Å². The molecule has 10 heteroatoms. The first-order chi connectivity index (χ1) is 13.6. The predicted molar refractivity (Wildman–Crippen MR) is 105 cm³/mol. The number of thiophene rings is 1. The van der Waals surface area contributed by atoms with Gasteiger partial charge >= 0.3 is 17.8 Å². The first kappa shape index (κ1) is 18.5. The molecule has 1 spiro atoms. The molecule has 3 unspecified atom stereocenters. The minimum absolute atomic E-state index is 0.232. The number of carbonyl (C=O) groups excluding carboxylic acids is 2. The zero-order valence-corrected chi connectivity index (χ0v) is 17.5. The van der Waals surface area contributed by atoms with Crippen LogP contribution in [-0.4, -0.2) is 50.3 Å². The molecule has 0 aromatic carbocycles. The van der Waals surface area contributed by atoms with Crippen molar-refractivity contribution in [1.29, 1.82) is 0 Å². The van der Waals surface area contributed by atoms with E-state index in [1.54, 1.807) is 23.1 Å². The molecule has 2 aromatic rings. The lowest BCUT2D eigenvalue weighted by atomic mass is 9.88. The van der Waals surface area contributed by atoms with E-state index in [0.29, 0.717) is 18.9 Å². The van der Waals surface area contributed by atoms with Gasteiger partial charge in [0.15, 0.2) is 0 Å². The number of esters is 2. The van der Waals surface area contributed by atoms with E-state index in [0.717, 1.165) is 42.3 Å². The van der Waals surface area contributed by atoms with Crippen molar-refractivity contribution in [2.45, 2.75) is 42.5 Å². The number of nitrogens with zero attached hydrogens (tertiary/aromatic N) is 3. The van der Waals surface area contributed by atoms with Gasteiger partial charge in [-0.2, -0.15) is 8.75 Å². The number of fused-ring (bicyclic) bond motifs is 3. The number of hydrogen-bond donors (Lipinski definition) is 0. The van der Waals surface area contributed by atoms with E-state index < -0.39 is 17.8 Å². The highest BCUT2D eigenvalue weighted by atomic mass is 32.2. The maximum absolute atomic E-state index is 11.6. The van der Waals surface area contributed by atoms with Gasteiger partial charge in [0.2, 0.25) is 0 Å². The predicted octanol–water partition coefficient (Wildman–Crippen LogP) is 2.89. The van der Waals surface area contributed by atoms with E-state index in [2.05, 4.69) is 26.3 Å². The molecule has 28 heavy (non-hydrogen) atoms. The van der Waals surface area contributed by atoms with Gasteiger partial charge in [-0.3, -0.25) is 0 Å². The molecule has 0 radical (unpaired) electrons. The third-order valence-corrected chi connectivity index (χ3v) is 8.31. The summed E-state index contributed by atoms with van der Waals surface area (Å²) >= 11 is 4.83. The molecule has 3 aliphatic heterocycles. The summed E-state index contributed by atoms with van der Waals surface area (Å²) in [7, 11) is 0. The molecule has 3 aliphatic rings. The van der Waals surface area contributed by atoms with Gasteiger partial charge < -0.3 is 9.47 Å². The van der Waals surface area contributed by atoms with Crippen LogP contribution in [0, 0.1) is 5.92 Å². The number of piperidine rings is 1. The molecule has 3 fully saturated rings. The van der Waals surface area contributed by atoms with Crippen molar-refractivity contribution >= 4 is 46.8 Å². The molecule has 0 amide bonds. The molecule has 3 saturated heterocycles. The summed E-state index contributed by atoms with van der Waals surface area (Å²) in [5.74, 6) is -1.32. The first-order valence-corrected chi connectivity index (χ1v) is 11.9. The Balaban J connectivity index is 1.24. The van der Waals surface area contributed by atoms with Gasteiger partial charge in [-0.15, -0.1) is 23.1 Å². The molecular formula is C18H19N3O4S3. The Bertz CT molecular complexity index is 869. The molecular weight excluding hydrogens is 418 g/mol. The van der Waals surface area contributed by atoms with E-state index in [1.807, 2.05) is 4.90 Å². The van der Waals surface area contributed by atoms with Crippen LogP contribution in [0.5, 0.6) is 0 Å². The Morgan fingerprint density at radius 3 is 2.89 bits per heavy atom. The summed E-state index contributed by atoms with van der Waals surface area (Å²) in [5.41, 5.74) is 1.05. The SMILES string of the molecule is O=C1OC2(CCC3CN2CC3c2nsnc2SCCCc2cccs2)OC1=O. The fraction of sp³-hybridized carbons (Fsp3) is 0.556. The van der Waals surface area contributed by atoms with Crippen LogP contribution in [0.15, 0.2) is 22.5 Å². The molecule has 0 aliphatic carbocycles. The van der Waals surface area contributed by atoms with Crippen molar-refractivity contribution in [3.63, 3.8) is 0 Å². The smallest absolute Gasteiger partial charge is 0.400 e. The lowest BCUT2D eigenvalue weighted by Gasteiger charge is -2.37. The Kier molecular flexibility index (Phi) is 4.90. The quantitative estimate of drug-likeness (QED) is 0.295. The zero-order chi connectivity index (χ0) is 19.1. The summed E-state index contributed by atoms with van der Waals surface area (Å²) in [6.07, 6.45) is 3.56. The van der Waals surface area contributed by atoms with E-state index >= 15 is 0 Å². The molecule has 3 atom stereocenters. The Morgan fingerprint density at radius 1 is 1.25 bits per heavy atom. The number of hydrogen-bond acceptors (Lipinski definition) is 10. The Hall–Kier alpha value is -1.49. The van der Waals surface area contributed by atoms with Gasteiger partial charge in [-0.25, -0.2) is 14.5 Å². The van der Waals surface area contributed by atoms with E-state index in [1.165, 1.54) is 16.6 Å². The molecule has 5 rings (SSSR count). The van der Waals surface area contributed by atoms with Crippen LogP contribution in [0.3, 0.4) is 0 Å². The number of rotatable bonds is 6. The summed E-state index contributed by atoms with van der Waals surface area (Å²) in [4.78, 5) is 26.5. The number of ether oxygens (including phenoxy) is 2. The summed E-state index contributed by atoms with van der Waals surface area (Å²) < 4.78 is 19.8. The van der Waals surface area contributed by atoms with Crippen LogP contribution in [0.4, 0.5) is 0 Å². The van der Waals surface area contributed by atoms with Crippen LogP contribution in [-0.2, 0) is 25.5 Å². The third kappa shape index (κ3) is 3.26. The summed E-state index contributed by atoms with van der Waals surface area (Å²) in [6, 6.07) is 4.27. The van der Waals surface area contributed by atoms with Crippen molar-refractivity contribution in [3.8, 4) is 0 Å².